The molecule has 0 radical (unpaired) electrons. The molecule has 4 aromatic rings. The number of rotatable bonds is 11. The highest BCUT2D eigenvalue weighted by Crippen LogP contribution is 2.34. The Balaban J connectivity index is 1.63. The van der Waals surface area contributed by atoms with E-state index >= 15 is 0 Å². The Labute approximate surface area is 209 Å². The maximum absolute atomic E-state index is 11.8. The van der Waals surface area contributed by atoms with E-state index in [1.807, 2.05) is 72.8 Å². The second-order valence-corrected chi connectivity index (χ2v) is 8.58. The number of nitrogens with zero attached hydrogens (tertiary/aromatic N) is 2. The van der Waals surface area contributed by atoms with Crippen molar-refractivity contribution < 1.29 is 19.4 Å². The van der Waals surface area contributed by atoms with Crippen LogP contribution in [0.4, 0.5) is 0 Å². The molecule has 3 aromatic carbocycles. The first kappa shape index (κ1) is 24.4. The summed E-state index contributed by atoms with van der Waals surface area (Å²) >= 11 is 5.97. The third kappa shape index (κ3) is 6.43. The van der Waals surface area contributed by atoms with Crippen LogP contribution in [0.15, 0.2) is 78.9 Å². The number of aromatic carboxylic acids is 1. The van der Waals surface area contributed by atoms with Gasteiger partial charge in [0, 0.05) is 23.2 Å². The number of carboxylic acid groups (broad SMARTS) is 1. The van der Waals surface area contributed by atoms with E-state index in [1.165, 1.54) is 0 Å². The molecule has 0 aliphatic rings. The first-order valence-electron chi connectivity index (χ1n) is 11.5. The number of unbranched alkanes of at least 4 members (excludes halogenated alkanes) is 1. The minimum atomic E-state index is -1.01. The van der Waals surface area contributed by atoms with Gasteiger partial charge in [-0.3, -0.25) is 4.68 Å². The van der Waals surface area contributed by atoms with Crippen LogP contribution in [0.25, 0.3) is 11.3 Å². The Bertz CT molecular complexity index is 1270. The van der Waals surface area contributed by atoms with Crippen molar-refractivity contribution >= 4 is 17.6 Å². The van der Waals surface area contributed by atoms with Gasteiger partial charge in [0.2, 0.25) is 0 Å². The van der Waals surface area contributed by atoms with Gasteiger partial charge in [-0.05, 0) is 47.9 Å². The number of halogens is 1. The molecule has 1 N–H and O–H groups in total. The van der Waals surface area contributed by atoms with Crippen molar-refractivity contribution in [3.63, 3.8) is 0 Å². The number of hydrogen-bond acceptors (Lipinski definition) is 4. The summed E-state index contributed by atoms with van der Waals surface area (Å²) < 4.78 is 13.7. The fraction of sp³-hybridized carbons (Fsp3) is 0.214. The third-order valence-electron chi connectivity index (χ3n) is 5.51. The number of carboxylic acids is 1. The molecule has 6 nitrogen and oxygen atoms in total. The Morgan fingerprint density at radius 2 is 1.66 bits per heavy atom. The van der Waals surface area contributed by atoms with Crippen LogP contribution in [-0.4, -0.2) is 20.9 Å². The predicted octanol–water partition coefficient (Wildman–Crippen LogP) is 6.86. The molecule has 0 saturated carbocycles. The first-order valence-corrected chi connectivity index (χ1v) is 11.9. The smallest absolute Gasteiger partial charge is 0.354 e. The summed E-state index contributed by atoms with van der Waals surface area (Å²) in [6, 6.07) is 24.4. The van der Waals surface area contributed by atoms with Crippen LogP contribution in [0.1, 0.15) is 41.4 Å². The lowest BCUT2D eigenvalue weighted by Gasteiger charge is -2.13. The van der Waals surface area contributed by atoms with E-state index in [0.717, 1.165) is 24.0 Å². The lowest BCUT2D eigenvalue weighted by molar-refractivity contribution is 0.0683. The highest BCUT2D eigenvalue weighted by Gasteiger charge is 2.18. The molecule has 0 saturated heterocycles. The summed E-state index contributed by atoms with van der Waals surface area (Å²) in [7, 11) is 0. The van der Waals surface area contributed by atoms with Gasteiger partial charge in [-0.15, -0.1) is 0 Å². The molecule has 1 heterocycles. The predicted molar refractivity (Wildman–Crippen MR) is 136 cm³/mol. The standard InChI is InChI=1S/C28H27ClN2O4/c1-2-3-15-31-26(28(32)33)17-25(30-31)24-14-13-23(34-18-21-9-11-22(29)12-10-21)16-27(24)35-19-20-7-5-4-6-8-20/h4-14,16-17H,2-3,15,18-19H2,1H3,(H,32,33). The number of hydrogen-bond donors (Lipinski definition) is 1. The summed E-state index contributed by atoms with van der Waals surface area (Å²) in [6.45, 7) is 3.34. The van der Waals surface area contributed by atoms with Crippen LogP contribution < -0.4 is 9.47 Å². The SMILES string of the molecule is CCCCn1nc(-c2ccc(OCc3ccc(Cl)cc3)cc2OCc2ccccc2)cc1C(=O)O. The Hall–Kier alpha value is -3.77. The molecule has 1 aromatic heterocycles. The van der Waals surface area contributed by atoms with Crippen LogP contribution in [0, 0.1) is 0 Å². The molecule has 0 amide bonds. The van der Waals surface area contributed by atoms with Gasteiger partial charge in [0.15, 0.2) is 0 Å². The van der Waals surface area contributed by atoms with Crippen molar-refractivity contribution in [1.82, 2.24) is 9.78 Å². The fourth-order valence-electron chi connectivity index (χ4n) is 3.60. The van der Waals surface area contributed by atoms with Gasteiger partial charge in [0.05, 0.1) is 5.69 Å². The van der Waals surface area contributed by atoms with Gasteiger partial charge in [0.1, 0.15) is 30.4 Å². The summed E-state index contributed by atoms with van der Waals surface area (Å²) in [5, 5.41) is 14.9. The minimum Gasteiger partial charge on any atom is -0.489 e. The molecule has 7 heteroatoms. The van der Waals surface area contributed by atoms with Crippen molar-refractivity contribution in [2.24, 2.45) is 0 Å². The van der Waals surface area contributed by atoms with E-state index in [0.29, 0.717) is 47.5 Å². The van der Waals surface area contributed by atoms with Crippen molar-refractivity contribution in [3.05, 3.63) is 101 Å². The van der Waals surface area contributed by atoms with Gasteiger partial charge in [-0.2, -0.15) is 5.10 Å². The third-order valence-corrected chi connectivity index (χ3v) is 5.76. The lowest BCUT2D eigenvalue weighted by Crippen LogP contribution is -2.09. The van der Waals surface area contributed by atoms with E-state index in [-0.39, 0.29) is 5.69 Å². The first-order chi connectivity index (χ1) is 17.0. The van der Waals surface area contributed by atoms with Gasteiger partial charge in [-0.1, -0.05) is 67.4 Å². The quantitative estimate of drug-likeness (QED) is 0.248. The van der Waals surface area contributed by atoms with E-state index in [2.05, 4.69) is 12.0 Å². The zero-order chi connectivity index (χ0) is 24.6. The molecule has 0 unspecified atom stereocenters. The number of aryl methyl sites for hydroxylation is 1. The van der Waals surface area contributed by atoms with Crippen molar-refractivity contribution in [1.29, 1.82) is 0 Å². The molecule has 0 aliphatic carbocycles. The molecule has 0 spiro atoms. The molecule has 0 atom stereocenters. The van der Waals surface area contributed by atoms with Crippen molar-refractivity contribution in [3.8, 4) is 22.8 Å². The average Bonchev–Trinajstić information content (AvgIpc) is 3.31. The summed E-state index contributed by atoms with van der Waals surface area (Å²) in [5.74, 6) is 0.199. The van der Waals surface area contributed by atoms with E-state index < -0.39 is 5.97 Å². The van der Waals surface area contributed by atoms with E-state index in [1.54, 1.807) is 10.7 Å². The Morgan fingerprint density at radius 3 is 2.37 bits per heavy atom. The highest BCUT2D eigenvalue weighted by molar-refractivity contribution is 6.30. The number of ether oxygens (including phenoxy) is 2. The van der Waals surface area contributed by atoms with Gasteiger partial charge >= 0.3 is 5.97 Å². The number of carbonyl (C=O) groups is 1. The van der Waals surface area contributed by atoms with Crippen molar-refractivity contribution in [2.45, 2.75) is 39.5 Å². The summed E-state index contributed by atoms with van der Waals surface area (Å²) in [5.41, 5.74) is 3.42. The summed E-state index contributed by atoms with van der Waals surface area (Å²) in [4.78, 5) is 11.8. The molecule has 180 valence electrons. The molecular formula is C28H27ClN2O4. The minimum absolute atomic E-state index is 0.158. The maximum Gasteiger partial charge on any atom is 0.354 e. The van der Waals surface area contributed by atoms with Gasteiger partial charge in [0.25, 0.3) is 0 Å². The number of aromatic nitrogens is 2. The van der Waals surface area contributed by atoms with Crippen molar-refractivity contribution in [2.75, 3.05) is 0 Å². The molecule has 4 rings (SSSR count). The van der Waals surface area contributed by atoms with E-state index in [4.69, 9.17) is 21.1 Å². The monoisotopic (exact) mass is 490 g/mol. The topological polar surface area (TPSA) is 73.6 Å². The molecule has 35 heavy (non-hydrogen) atoms. The fourth-order valence-corrected chi connectivity index (χ4v) is 3.73. The molecule has 0 bridgehead atoms. The average molecular weight is 491 g/mol. The maximum atomic E-state index is 11.8. The second kappa shape index (κ2) is 11.6. The normalized spacial score (nSPS) is 10.8. The lowest BCUT2D eigenvalue weighted by atomic mass is 10.1. The molecule has 0 aliphatic heterocycles. The molecular weight excluding hydrogens is 464 g/mol. The number of benzene rings is 3. The van der Waals surface area contributed by atoms with Crippen LogP contribution >= 0.6 is 11.6 Å². The van der Waals surface area contributed by atoms with E-state index in [9.17, 15) is 9.90 Å². The van der Waals surface area contributed by atoms with Crippen LogP contribution in [0.2, 0.25) is 5.02 Å². The Morgan fingerprint density at radius 1 is 0.943 bits per heavy atom. The largest absolute Gasteiger partial charge is 0.489 e. The highest BCUT2D eigenvalue weighted by atomic mass is 35.5. The van der Waals surface area contributed by atoms with Crippen LogP contribution in [-0.2, 0) is 19.8 Å². The van der Waals surface area contributed by atoms with Gasteiger partial charge < -0.3 is 14.6 Å². The summed E-state index contributed by atoms with van der Waals surface area (Å²) in [6.07, 6.45) is 1.79. The van der Waals surface area contributed by atoms with Crippen LogP contribution in [0.3, 0.4) is 0 Å². The molecule has 0 fully saturated rings. The second-order valence-electron chi connectivity index (χ2n) is 8.14. The zero-order valence-corrected chi connectivity index (χ0v) is 20.2. The van der Waals surface area contributed by atoms with Crippen LogP contribution in [0.5, 0.6) is 11.5 Å². The zero-order valence-electron chi connectivity index (χ0n) is 19.5. The van der Waals surface area contributed by atoms with Gasteiger partial charge in [-0.25, -0.2) is 4.79 Å². The Kier molecular flexibility index (Phi) is 8.06.